The van der Waals surface area contributed by atoms with Gasteiger partial charge in [-0.25, -0.2) is 0 Å². The van der Waals surface area contributed by atoms with Crippen molar-refractivity contribution >= 4 is 18.9 Å². The fraction of sp³-hybridized carbons (Fsp3) is 0.429. The molecular weight excluding hydrogens is 179 g/mol. The fourth-order valence-electron chi connectivity index (χ4n) is 1.94. The molecule has 0 aliphatic rings. The molecule has 1 aromatic rings. The van der Waals surface area contributed by atoms with E-state index in [4.69, 9.17) is 0 Å². The molecule has 0 radical (unpaired) electrons. The van der Waals surface area contributed by atoms with Crippen molar-refractivity contribution in [1.29, 1.82) is 0 Å². The van der Waals surface area contributed by atoms with Crippen LogP contribution in [-0.4, -0.2) is 7.85 Å². The van der Waals surface area contributed by atoms with Gasteiger partial charge in [0.1, 0.15) is 7.85 Å². The Morgan fingerprint density at radius 1 is 1.33 bits per heavy atom. The summed E-state index contributed by atoms with van der Waals surface area (Å²) in [5.74, 6) is 0. The summed E-state index contributed by atoms with van der Waals surface area (Å²) in [6, 6.07) is 6.73. The molecule has 0 N–H and O–H groups in total. The summed E-state index contributed by atoms with van der Waals surface area (Å²) in [5, 5.41) is 0. The van der Waals surface area contributed by atoms with Crippen LogP contribution in [0.25, 0.3) is 5.57 Å². The van der Waals surface area contributed by atoms with Crippen molar-refractivity contribution in [2.45, 2.75) is 40.0 Å². The number of aryl methyl sites for hydroxylation is 1. The lowest BCUT2D eigenvalue weighted by Crippen LogP contribution is -2.03. The van der Waals surface area contributed by atoms with Gasteiger partial charge in [0, 0.05) is 0 Å². The number of hydrogen-bond donors (Lipinski definition) is 0. The minimum absolute atomic E-state index is 1.13. The summed E-state index contributed by atoms with van der Waals surface area (Å²) in [5.41, 5.74) is 5.67. The molecule has 0 aliphatic carbocycles. The van der Waals surface area contributed by atoms with E-state index in [9.17, 15) is 0 Å². The summed E-state index contributed by atoms with van der Waals surface area (Å²) in [4.78, 5) is 0. The summed E-state index contributed by atoms with van der Waals surface area (Å²) >= 11 is 0. The Hall–Kier alpha value is -0.975. The first-order chi connectivity index (χ1) is 7.19. The first kappa shape index (κ1) is 12.1. The molecule has 0 saturated carbocycles. The molecule has 0 fully saturated rings. The van der Waals surface area contributed by atoms with Crippen molar-refractivity contribution in [3.8, 4) is 0 Å². The van der Waals surface area contributed by atoms with Gasteiger partial charge in [-0.05, 0) is 36.5 Å². The lowest BCUT2D eigenvalue weighted by atomic mass is 9.89. The SMILES string of the molecule is Bc1ccc(/C(=C/CCC)CC)c(C)c1. The first-order valence-corrected chi connectivity index (χ1v) is 5.95. The molecule has 0 aromatic heterocycles. The second-order valence-electron chi connectivity index (χ2n) is 4.19. The van der Waals surface area contributed by atoms with E-state index >= 15 is 0 Å². The van der Waals surface area contributed by atoms with Crippen LogP contribution in [0.15, 0.2) is 24.3 Å². The molecule has 1 rings (SSSR count). The second kappa shape index (κ2) is 5.80. The molecule has 80 valence electrons. The van der Waals surface area contributed by atoms with Crippen LogP contribution in [0.3, 0.4) is 0 Å². The van der Waals surface area contributed by atoms with Crippen LogP contribution in [0, 0.1) is 6.92 Å². The maximum absolute atomic E-state index is 2.39. The summed E-state index contributed by atoms with van der Waals surface area (Å²) < 4.78 is 0. The van der Waals surface area contributed by atoms with Crippen LogP contribution in [0.2, 0.25) is 0 Å². The summed E-state index contributed by atoms with van der Waals surface area (Å²) in [6.07, 6.45) is 5.94. The van der Waals surface area contributed by atoms with Crippen LogP contribution in [0.5, 0.6) is 0 Å². The number of benzene rings is 1. The van der Waals surface area contributed by atoms with E-state index < -0.39 is 0 Å². The number of allylic oxidation sites excluding steroid dienone is 2. The Kier molecular flexibility index (Phi) is 4.67. The maximum Gasteiger partial charge on any atom is 0.139 e. The molecule has 0 aliphatic heterocycles. The van der Waals surface area contributed by atoms with Crippen LogP contribution in [0.4, 0.5) is 0 Å². The Labute approximate surface area is 94.8 Å². The Morgan fingerprint density at radius 2 is 2.07 bits per heavy atom. The van der Waals surface area contributed by atoms with Gasteiger partial charge in [0.15, 0.2) is 0 Å². The number of hydrogen-bond acceptors (Lipinski definition) is 0. The van der Waals surface area contributed by atoms with Gasteiger partial charge in [0.05, 0.1) is 0 Å². The van der Waals surface area contributed by atoms with Gasteiger partial charge < -0.3 is 0 Å². The zero-order valence-electron chi connectivity index (χ0n) is 10.4. The highest BCUT2D eigenvalue weighted by Gasteiger charge is 2.02. The molecule has 0 bridgehead atoms. The third-order valence-corrected chi connectivity index (χ3v) is 2.79. The van der Waals surface area contributed by atoms with Crippen molar-refractivity contribution in [3.05, 3.63) is 35.4 Å². The quantitative estimate of drug-likeness (QED) is 0.655. The summed E-state index contributed by atoms with van der Waals surface area (Å²) in [6.45, 7) is 6.67. The lowest BCUT2D eigenvalue weighted by molar-refractivity contribution is 0.955. The molecule has 0 spiro atoms. The molecule has 0 atom stereocenters. The highest BCUT2D eigenvalue weighted by Crippen LogP contribution is 2.21. The zero-order chi connectivity index (χ0) is 11.3. The van der Waals surface area contributed by atoms with Gasteiger partial charge in [-0.2, -0.15) is 0 Å². The molecule has 1 heteroatoms. The smallest absolute Gasteiger partial charge is 0.0887 e. The van der Waals surface area contributed by atoms with Crippen LogP contribution < -0.4 is 5.46 Å². The topological polar surface area (TPSA) is 0 Å². The number of unbranched alkanes of at least 4 members (excludes halogenated alkanes) is 1. The van der Waals surface area contributed by atoms with E-state index in [2.05, 4.69) is 52.9 Å². The predicted octanol–water partition coefficient (Wildman–Crippen LogP) is 2.85. The third kappa shape index (κ3) is 3.26. The van der Waals surface area contributed by atoms with Gasteiger partial charge in [0.2, 0.25) is 0 Å². The van der Waals surface area contributed by atoms with E-state index in [0.29, 0.717) is 0 Å². The highest BCUT2D eigenvalue weighted by molar-refractivity contribution is 6.32. The molecule has 0 saturated heterocycles. The second-order valence-corrected chi connectivity index (χ2v) is 4.19. The van der Waals surface area contributed by atoms with Crippen molar-refractivity contribution in [1.82, 2.24) is 0 Å². The van der Waals surface area contributed by atoms with Gasteiger partial charge in [0.25, 0.3) is 0 Å². The van der Waals surface area contributed by atoms with Crippen molar-refractivity contribution in [2.24, 2.45) is 0 Å². The first-order valence-electron chi connectivity index (χ1n) is 5.95. The largest absolute Gasteiger partial charge is 0.139 e. The standard InChI is InChI=1S/C14H21B/c1-4-6-7-12(5-2)14-9-8-13(15)10-11(14)3/h7-10H,4-6,15H2,1-3H3/b12-7+. The minimum Gasteiger partial charge on any atom is -0.0887 e. The molecular formula is C14H21B. The van der Waals surface area contributed by atoms with Crippen molar-refractivity contribution in [3.63, 3.8) is 0 Å². The lowest BCUT2D eigenvalue weighted by Gasteiger charge is -2.10. The Bertz CT molecular complexity index is 350. The number of rotatable bonds is 4. The van der Waals surface area contributed by atoms with Crippen molar-refractivity contribution < 1.29 is 0 Å². The fourth-order valence-corrected chi connectivity index (χ4v) is 1.94. The average Bonchev–Trinajstić information content (AvgIpc) is 2.21. The van der Waals surface area contributed by atoms with Crippen LogP contribution in [-0.2, 0) is 0 Å². The minimum atomic E-state index is 1.13. The van der Waals surface area contributed by atoms with Crippen LogP contribution >= 0.6 is 0 Å². The van der Waals surface area contributed by atoms with E-state index in [1.54, 1.807) is 0 Å². The molecule has 15 heavy (non-hydrogen) atoms. The van der Waals surface area contributed by atoms with Gasteiger partial charge >= 0.3 is 0 Å². The molecule has 1 aromatic carbocycles. The van der Waals surface area contributed by atoms with E-state index in [0.717, 1.165) is 6.42 Å². The third-order valence-electron chi connectivity index (χ3n) is 2.79. The molecule has 0 unspecified atom stereocenters. The molecule has 0 nitrogen and oxygen atoms in total. The normalized spacial score (nSPS) is 11.8. The van der Waals surface area contributed by atoms with E-state index in [1.165, 1.54) is 35.0 Å². The highest BCUT2D eigenvalue weighted by atomic mass is 14.1. The van der Waals surface area contributed by atoms with E-state index in [-0.39, 0.29) is 0 Å². The van der Waals surface area contributed by atoms with Gasteiger partial charge in [-0.3, -0.25) is 0 Å². The summed E-state index contributed by atoms with van der Waals surface area (Å²) in [7, 11) is 2.15. The van der Waals surface area contributed by atoms with Gasteiger partial charge in [-0.15, -0.1) is 0 Å². The zero-order valence-corrected chi connectivity index (χ0v) is 10.4. The van der Waals surface area contributed by atoms with Gasteiger partial charge in [-0.1, -0.05) is 50.0 Å². The Balaban J connectivity index is 3.02. The monoisotopic (exact) mass is 200 g/mol. The van der Waals surface area contributed by atoms with Crippen LogP contribution in [0.1, 0.15) is 44.2 Å². The van der Waals surface area contributed by atoms with Crippen molar-refractivity contribution in [2.75, 3.05) is 0 Å². The predicted molar refractivity (Wildman–Crippen MR) is 72.5 cm³/mol. The molecule has 0 amide bonds. The maximum atomic E-state index is 2.39. The average molecular weight is 200 g/mol. The van der Waals surface area contributed by atoms with E-state index in [1.807, 2.05) is 0 Å². The Morgan fingerprint density at radius 3 is 2.60 bits per heavy atom. The molecule has 0 heterocycles.